The van der Waals surface area contributed by atoms with E-state index in [9.17, 15) is 4.79 Å². The van der Waals surface area contributed by atoms with Crippen molar-refractivity contribution in [1.82, 2.24) is 0 Å². The van der Waals surface area contributed by atoms with E-state index < -0.39 is 6.29 Å². The number of carbonyl (C=O) groups is 1. The van der Waals surface area contributed by atoms with Crippen molar-refractivity contribution in [3.8, 4) is 0 Å². The topological polar surface area (TPSA) is 44.8 Å². The number of hydrogen-bond acceptors (Lipinski definition) is 5. The van der Waals surface area contributed by atoms with Crippen LogP contribution >= 0.6 is 44.2 Å². The summed E-state index contributed by atoms with van der Waals surface area (Å²) in [7, 11) is 2.44. The Kier molecular flexibility index (Phi) is 7.54. The van der Waals surface area contributed by atoms with E-state index in [1.54, 1.807) is 0 Å². The van der Waals surface area contributed by atoms with Crippen molar-refractivity contribution in [1.29, 1.82) is 0 Å². The smallest absolute Gasteiger partial charge is 0.380 e. The van der Waals surface area contributed by atoms with Crippen molar-refractivity contribution < 1.29 is 18.9 Å². The zero-order chi connectivity index (χ0) is 13.7. The summed E-state index contributed by atoms with van der Waals surface area (Å²) in [5.74, 6) is -0.681. The number of ether oxygens (including phenoxy) is 2. The molecule has 4 nitrogen and oxygen atoms in total. The van der Waals surface area contributed by atoms with Gasteiger partial charge in [0.1, 0.15) is 0 Å². The minimum Gasteiger partial charge on any atom is -0.431 e. The fourth-order valence-corrected chi connectivity index (χ4v) is 2.08. The molecule has 0 aromatic carbocycles. The highest BCUT2D eigenvalue weighted by atomic mass is 127. The van der Waals surface area contributed by atoms with Crippen LogP contribution in [0.5, 0.6) is 0 Å². The van der Waals surface area contributed by atoms with Gasteiger partial charge in [-0.15, -0.1) is 9.12 Å². The Morgan fingerprint density at radius 2 is 2.39 bits per heavy atom. The minimum atomic E-state index is -0.571. The van der Waals surface area contributed by atoms with Crippen LogP contribution < -0.4 is 0 Å². The highest BCUT2D eigenvalue weighted by molar-refractivity contribution is 14.1. The van der Waals surface area contributed by atoms with Gasteiger partial charge < -0.3 is 14.1 Å². The highest BCUT2D eigenvalue weighted by Gasteiger charge is 2.36. The van der Waals surface area contributed by atoms with Crippen molar-refractivity contribution in [2.24, 2.45) is 5.92 Å². The first-order valence-corrected chi connectivity index (χ1v) is 8.06. The number of rotatable bonds is 5. The van der Waals surface area contributed by atoms with Gasteiger partial charge in [0.25, 0.3) is 0 Å². The van der Waals surface area contributed by atoms with Crippen LogP contribution in [0.4, 0.5) is 0 Å². The van der Waals surface area contributed by atoms with Gasteiger partial charge in [0, 0.05) is 12.2 Å². The van der Waals surface area contributed by atoms with Crippen molar-refractivity contribution >= 4 is 56.1 Å². The molecule has 102 valence electrons. The molecule has 1 heterocycles. The summed E-state index contributed by atoms with van der Waals surface area (Å²) in [5, 5.41) is 0. The van der Waals surface area contributed by atoms with E-state index in [4.69, 9.17) is 14.1 Å². The van der Waals surface area contributed by atoms with Gasteiger partial charge >= 0.3 is 11.9 Å². The Bertz CT molecular complexity index is 329. The maximum absolute atomic E-state index is 11.7. The van der Waals surface area contributed by atoms with E-state index in [-0.39, 0.29) is 23.9 Å². The van der Waals surface area contributed by atoms with E-state index in [1.165, 1.54) is 0 Å². The number of esters is 1. The molecule has 8 heteroatoms. The minimum absolute atomic E-state index is 0.181. The third kappa shape index (κ3) is 5.00. The van der Waals surface area contributed by atoms with Crippen LogP contribution in [-0.2, 0) is 18.9 Å². The second kappa shape index (κ2) is 8.09. The molecule has 4 atom stereocenters. The van der Waals surface area contributed by atoms with Crippen molar-refractivity contribution in [3.63, 3.8) is 0 Å². The molecule has 1 aliphatic rings. The Balaban J connectivity index is 2.56. The highest BCUT2D eigenvalue weighted by Crippen LogP contribution is 2.26. The Morgan fingerprint density at radius 3 is 2.94 bits per heavy atom. The molecule has 0 amide bonds. The molecule has 0 N–H and O–H groups in total. The van der Waals surface area contributed by atoms with E-state index in [2.05, 4.69) is 44.2 Å². The summed E-state index contributed by atoms with van der Waals surface area (Å²) in [5.41, 5.74) is 0.889. The lowest BCUT2D eigenvalue weighted by atomic mass is 10.0. The lowest BCUT2D eigenvalue weighted by Crippen LogP contribution is -2.43. The molecule has 1 fully saturated rings. The average Bonchev–Trinajstić information content (AvgIpc) is 2.32. The molecule has 1 saturated heterocycles. The van der Waals surface area contributed by atoms with Crippen molar-refractivity contribution in [2.75, 3.05) is 6.61 Å². The summed E-state index contributed by atoms with van der Waals surface area (Å²) >= 11 is 6.20. The lowest BCUT2D eigenvalue weighted by Gasteiger charge is -2.34. The number of carbonyl (C=O) groups excluding carboxylic acids is 1. The molecule has 0 aliphatic carbocycles. The summed E-state index contributed by atoms with van der Waals surface area (Å²) < 4.78 is 18.2. The zero-order valence-corrected chi connectivity index (χ0v) is 14.5. The quantitative estimate of drug-likeness (QED) is 0.252. The predicted octanol–water partition coefficient (Wildman–Crippen LogP) is 2.43. The van der Waals surface area contributed by atoms with Gasteiger partial charge in [-0.25, -0.2) is 0 Å². The van der Waals surface area contributed by atoms with Crippen LogP contribution in [0.15, 0.2) is 9.66 Å². The predicted molar refractivity (Wildman–Crippen MR) is 86.7 cm³/mol. The second-order valence-electron chi connectivity index (χ2n) is 4.14. The molecule has 1 rings (SSSR count). The normalized spacial score (nSPS) is 29.1. The van der Waals surface area contributed by atoms with Crippen LogP contribution in [0.1, 0.15) is 20.3 Å². The fraction of sp³-hybridized carbons (Fsp3) is 0.700. The number of halogens is 1. The van der Waals surface area contributed by atoms with E-state index in [0.29, 0.717) is 13.0 Å². The van der Waals surface area contributed by atoms with Gasteiger partial charge in [0.2, 0.25) is 6.29 Å². The van der Waals surface area contributed by atoms with Gasteiger partial charge in [-0.05, 0) is 24.4 Å². The molecule has 0 spiro atoms. The summed E-state index contributed by atoms with van der Waals surface area (Å²) in [6.07, 6.45) is -0.106. The molecule has 1 unspecified atom stereocenters. The molecule has 0 aromatic heterocycles. The maximum Gasteiger partial charge on any atom is 0.380 e. The van der Waals surface area contributed by atoms with Gasteiger partial charge in [0.05, 0.1) is 12.0 Å². The fourth-order valence-electron chi connectivity index (χ4n) is 1.54. The third-order valence-electron chi connectivity index (χ3n) is 2.69. The van der Waals surface area contributed by atoms with Crippen LogP contribution in [0, 0.1) is 5.92 Å². The maximum atomic E-state index is 11.7. The van der Waals surface area contributed by atoms with E-state index in [1.807, 2.05) is 17.9 Å². The molecule has 0 radical (unpaired) electrons. The second-order valence-corrected chi connectivity index (χ2v) is 6.43. The summed E-state index contributed by atoms with van der Waals surface area (Å²) in [6.45, 7) is 4.19. The summed E-state index contributed by atoms with van der Waals surface area (Å²) in [6, 6.07) is 0. The Labute approximate surface area is 129 Å². The number of cyclic esters (lactones) is 1. The standard InChI is InChI=1S/C10H17BIO4PS/c1-6(5-12)10-15-8(3-4-14-11(17)18)7(2)9(13)16-10/h5,7-8,10,18H,3-4,17H2,1-2H3/t7-,8+,10+/m0/s1. The third-order valence-corrected chi connectivity index (χ3v) is 4.01. The van der Waals surface area contributed by atoms with Gasteiger partial charge in [-0.2, -0.15) is 12.5 Å². The van der Waals surface area contributed by atoms with Crippen molar-refractivity contribution in [2.45, 2.75) is 32.7 Å². The van der Waals surface area contributed by atoms with E-state index >= 15 is 0 Å². The van der Waals surface area contributed by atoms with Crippen LogP contribution in [-0.4, -0.2) is 30.9 Å². The molecule has 1 aliphatic heterocycles. The lowest BCUT2D eigenvalue weighted by molar-refractivity contribution is -0.218. The van der Waals surface area contributed by atoms with Gasteiger partial charge in [0.15, 0.2) is 0 Å². The average molecular weight is 402 g/mol. The first kappa shape index (κ1) is 16.8. The first-order valence-electron chi connectivity index (χ1n) is 5.63. The molecule has 18 heavy (non-hydrogen) atoms. The Hall–Kier alpha value is 0.705. The van der Waals surface area contributed by atoms with Crippen LogP contribution in [0.25, 0.3) is 0 Å². The number of hydrogen-bond donors (Lipinski definition) is 1. The zero-order valence-electron chi connectivity index (χ0n) is 10.3. The Morgan fingerprint density at radius 1 is 1.72 bits per heavy atom. The van der Waals surface area contributed by atoms with Gasteiger partial charge in [-0.3, -0.25) is 4.79 Å². The largest absolute Gasteiger partial charge is 0.431 e. The number of thiol groups is 1. The van der Waals surface area contributed by atoms with Gasteiger partial charge in [-0.1, -0.05) is 22.6 Å². The first-order chi connectivity index (χ1) is 8.45. The molecule has 0 saturated carbocycles. The van der Waals surface area contributed by atoms with Crippen LogP contribution in [0.2, 0.25) is 0 Å². The molecule has 0 bridgehead atoms. The monoisotopic (exact) mass is 402 g/mol. The summed E-state index contributed by atoms with van der Waals surface area (Å²) in [4.78, 5) is 11.7. The molecular formula is C10H17BIO4PS. The van der Waals surface area contributed by atoms with E-state index in [0.717, 1.165) is 5.57 Å². The van der Waals surface area contributed by atoms with Crippen molar-refractivity contribution in [3.05, 3.63) is 9.66 Å². The molecule has 0 aromatic rings. The SMILES string of the molecule is CC(=CI)[C@H]1OC(=O)[C@@H](C)[C@@H](CCOB(P)S)O1. The molecular weight excluding hydrogens is 385 g/mol. The van der Waals surface area contributed by atoms with Crippen LogP contribution in [0.3, 0.4) is 0 Å².